The minimum atomic E-state index is -4.39. The molecular formula is C25H15F3N2O2S. The quantitative estimate of drug-likeness (QED) is 0.337. The molecule has 0 unspecified atom stereocenters. The van der Waals surface area contributed by atoms with Gasteiger partial charge in [0, 0.05) is 17.4 Å². The third-order valence-electron chi connectivity index (χ3n) is 5.36. The number of hydrogen-bond donors (Lipinski definition) is 0. The van der Waals surface area contributed by atoms with E-state index >= 15 is 0 Å². The van der Waals surface area contributed by atoms with Gasteiger partial charge in [-0.05, 0) is 35.9 Å². The first-order chi connectivity index (χ1) is 15.8. The van der Waals surface area contributed by atoms with Crippen molar-refractivity contribution in [2.45, 2.75) is 12.6 Å². The third-order valence-corrected chi connectivity index (χ3v) is 6.20. The van der Waals surface area contributed by atoms with Crippen LogP contribution in [-0.2, 0) is 12.6 Å². The largest absolute Gasteiger partial charge is 0.416 e. The molecule has 0 bridgehead atoms. The van der Waals surface area contributed by atoms with E-state index in [9.17, 15) is 22.8 Å². The van der Waals surface area contributed by atoms with Gasteiger partial charge in [0.1, 0.15) is 0 Å². The summed E-state index contributed by atoms with van der Waals surface area (Å²) in [4.78, 5) is 31.2. The molecule has 33 heavy (non-hydrogen) atoms. The smallest absolute Gasteiger partial charge is 0.268 e. The fourth-order valence-corrected chi connectivity index (χ4v) is 4.62. The molecule has 2 amide bonds. The Morgan fingerprint density at radius 3 is 2.24 bits per heavy atom. The van der Waals surface area contributed by atoms with Crippen molar-refractivity contribution in [3.63, 3.8) is 0 Å². The molecular weight excluding hydrogens is 449 g/mol. The van der Waals surface area contributed by atoms with Crippen molar-refractivity contribution in [2.24, 2.45) is 0 Å². The normalized spacial score (nSPS) is 13.5. The number of nitrogens with zero attached hydrogens (tertiary/aromatic N) is 2. The lowest BCUT2D eigenvalue weighted by molar-refractivity contribution is -0.137. The van der Waals surface area contributed by atoms with Crippen molar-refractivity contribution in [3.8, 4) is 11.3 Å². The number of thiazole rings is 1. The Kier molecular flexibility index (Phi) is 5.09. The molecule has 3 aromatic carbocycles. The van der Waals surface area contributed by atoms with Gasteiger partial charge >= 0.3 is 6.18 Å². The van der Waals surface area contributed by atoms with E-state index in [0.717, 1.165) is 17.0 Å². The maximum Gasteiger partial charge on any atom is 0.416 e. The van der Waals surface area contributed by atoms with E-state index in [4.69, 9.17) is 0 Å². The summed E-state index contributed by atoms with van der Waals surface area (Å²) < 4.78 is 38.9. The predicted octanol–water partition coefficient (Wildman–Crippen LogP) is 6.22. The average Bonchev–Trinajstić information content (AvgIpc) is 3.36. The number of fused-ring (bicyclic) bond motifs is 1. The standard InChI is InChI=1S/C25H15F3N2O2S/c26-25(27,28)17-7-3-5-15(11-17)12-22-29-21(14-33-22)16-6-4-8-18(13-16)30-23(31)19-9-1-2-10-20(19)24(30)32/h1-11,13-14H,12H2. The molecule has 0 fully saturated rings. The SMILES string of the molecule is O=C1c2ccccc2C(=O)N1c1cccc(-c2csc(Cc3cccc(C(F)(F)F)c3)n2)c1. The number of anilines is 1. The zero-order valence-electron chi connectivity index (χ0n) is 17.0. The van der Waals surface area contributed by atoms with Crippen LogP contribution in [0.1, 0.15) is 36.9 Å². The van der Waals surface area contributed by atoms with Crippen molar-refractivity contribution >= 4 is 28.8 Å². The molecule has 0 aliphatic carbocycles. The fourth-order valence-electron chi connectivity index (χ4n) is 3.78. The van der Waals surface area contributed by atoms with Gasteiger partial charge in [-0.15, -0.1) is 11.3 Å². The minimum absolute atomic E-state index is 0.271. The van der Waals surface area contributed by atoms with Gasteiger partial charge < -0.3 is 0 Å². The minimum Gasteiger partial charge on any atom is -0.268 e. The van der Waals surface area contributed by atoms with Gasteiger partial charge in [0.15, 0.2) is 0 Å². The molecule has 0 saturated carbocycles. The van der Waals surface area contributed by atoms with E-state index in [0.29, 0.717) is 38.6 Å². The van der Waals surface area contributed by atoms with Crippen LogP contribution in [0.4, 0.5) is 18.9 Å². The van der Waals surface area contributed by atoms with Gasteiger partial charge in [-0.3, -0.25) is 9.59 Å². The highest BCUT2D eigenvalue weighted by Gasteiger charge is 2.36. The molecule has 0 spiro atoms. The predicted molar refractivity (Wildman–Crippen MR) is 119 cm³/mol. The maximum absolute atomic E-state index is 13.0. The summed E-state index contributed by atoms with van der Waals surface area (Å²) in [5.74, 6) is -0.757. The number of alkyl halides is 3. The fraction of sp³-hybridized carbons (Fsp3) is 0.0800. The van der Waals surface area contributed by atoms with Crippen LogP contribution in [-0.4, -0.2) is 16.8 Å². The number of amides is 2. The summed E-state index contributed by atoms with van der Waals surface area (Å²) in [6.45, 7) is 0. The highest BCUT2D eigenvalue weighted by atomic mass is 32.1. The van der Waals surface area contributed by atoms with Crippen molar-refractivity contribution in [1.29, 1.82) is 0 Å². The number of benzene rings is 3. The van der Waals surface area contributed by atoms with Crippen LogP contribution in [0.5, 0.6) is 0 Å². The molecule has 0 radical (unpaired) electrons. The number of carbonyl (C=O) groups excluding carboxylic acids is 2. The Balaban J connectivity index is 1.40. The van der Waals surface area contributed by atoms with Gasteiger partial charge in [-0.25, -0.2) is 9.88 Å². The molecule has 1 aliphatic rings. The van der Waals surface area contributed by atoms with E-state index in [2.05, 4.69) is 4.98 Å². The number of imide groups is 1. The first kappa shape index (κ1) is 21.1. The van der Waals surface area contributed by atoms with Crippen LogP contribution in [0.3, 0.4) is 0 Å². The molecule has 4 aromatic rings. The zero-order valence-corrected chi connectivity index (χ0v) is 17.8. The summed E-state index contributed by atoms with van der Waals surface area (Å²) >= 11 is 1.34. The second kappa shape index (κ2) is 7.97. The van der Waals surface area contributed by atoms with Crippen LogP contribution in [0.2, 0.25) is 0 Å². The molecule has 1 aliphatic heterocycles. The Bertz CT molecular complexity index is 1360. The molecule has 0 saturated heterocycles. The lowest BCUT2D eigenvalue weighted by atomic mass is 10.1. The second-order valence-corrected chi connectivity index (χ2v) is 8.49. The van der Waals surface area contributed by atoms with Gasteiger partial charge in [0.2, 0.25) is 0 Å². The van der Waals surface area contributed by atoms with Crippen LogP contribution in [0.15, 0.2) is 78.2 Å². The Hall–Kier alpha value is -3.78. The van der Waals surface area contributed by atoms with Gasteiger partial charge in [0.05, 0.1) is 33.1 Å². The van der Waals surface area contributed by atoms with Gasteiger partial charge in [-0.1, -0.05) is 42.5 Å². The Labute approximate surface area is 190 Å². The monoisotopic (exact) mass is 464 g/mol. The molecule has 0 atom stereocenters. The molecule has 164 valence electrons. The van der Waals surface area contributed by atoms with Crippen molar-refractivity contribution in [1.82, 2.24) is 4.98 Å². The maximum atomic E-state index is 13.0. The van der Waals surface area contributed by atoms with E-state index in [1.54, 1.807) is 48.5 Å². The van der Waals surface area contributed by atoms with Gasteiger partial charge in [0.25, 0.3) is 11.8 Å². The first-order valence-corrected chi connectivity index (χ1v) is 10.9. The summed E-state index contributed by atoms with van der Waals surface area (Å²) in [6, 6.07) is 18.8. The van der Waals surface area contributed by atoms with E-state index < -0.39 is 11.7 Å². The molecule has 5 rings (SSSR count). The molecule has 8 heteroatoms. The summed E-state index contributed by atoms with van der Waals surface area (Å²) in [6.07, 6.45) is -4.12. The second-order valence-electron chi connectivity index (χ2n) is 7.54. The van der Waals surface area contributed by atoms with Crippen LogP contribution in [0, 0.1) is 0 Å². The number of aromatic nitrogens is 1. The zero-order chi connectivity index (χ0) is 23.2. The lowest BCUT2D eigenvalue weighted by Gasteiger charge is -2.14. The lowest BCUT2D eigenvalue weighted by Crippen LogP contribution is -2.29. The topological polar surface area (TPSA) is 50.3 Å². The van der Waals surface area contributed by atoms with E-state index in [1.807, 2.05) is 11.4 Å². The Morgan fingerprint density at radius 1 is 0.848 bits per heavy atom. The number of rotatable bonds is 4. The number of halogens is 3. The third kappa shape index (κ3) is 3.93. The number of carbonyl (C=O) groups is 2. The van der Waals surface area contributed by atoms with Crippen molar-refractivity contribution in [2.75, 3.05) is 4.90 Å². The molecule has 0 N–H and O–H groups in total. The Morgan fingerprint density at radius 2 is 1.55 bits per heavy atom. The molecule has 2 heterocycles. The average molecular weight is 464 g/mol. The van der Waals surface area contributed by atoms with Crippen molar-refractivity contribution < 1.29 is 22.8 Å². The first-order valence-electron chi connectivity index (χ1n) is 10.00. The summed E-state index contributed by atoms with van der Waals surface area (Å²) in [5.41, 5.74) is 2.33. The molecule has 4 nitrogen and oxygen atoms in total. The van der Waals surface area contributed by atoms with Crippen LogP contribution in [0.25, 0.3) is 11.3 Å². The van der Waals surface area contributed by atoms with E-state index in [1.165, 1.54) is 17.4 Å². The van der Waals surface area contributed by atoms with Gasteiger partial charge in [-0.2, -0.15) is 13.2 Å². The van der Waals surface area contributed by atoms with Crippen LogP contribution >= 0.6 is 11.3 Å². The molecule has 1 aromatic heterocycles. The van der Waals surface area contributed by atoms with E-state index in [-0.39, 0.29) is 18.2 Å². The highest BCUT2D eigenvalue weighted by Crippen LogP contribution is 2.33. The van der Waals surface area contributed by atoms with Crippen molar-refractivity contribution in [3.05, 3.63) is 105 Å². The highest BCUT2D eigenvalue weighted by molar-refractivity contribution is 7.10. The van der Waals surface area contributed by atoms with Crippen LogP contribution < -0.4 is 4.90 Å². The summed E-state index contributed by atoms with van der Waals surface area (Å²) in [7, 11) is 0. The summed E-state index contributed by atoms with van der Waals surface area (Å²) in [5, 5.41) is 2.47. The number of hydrogen-bond acceptors (Lipinski definition) is 4.